The molecule has 1 saturated carbocycles. The highest BCUT2D eigenvalue weighted by Crippen LogP contribution is 2.36. The normalized spacial score (nSPS) is 18.2. The first-order chi connectivity index (χ1) is 8.39. The summed E-state index contributed by atoms with van der Waals surface area (Å²) in [5.74, 6) is 0.452. The van der Waals surface area contributed by atoms with E-state index in [9.17, 15) is 9.90 Å². The summed E-state index contributed by atoms with van der Waals surface area (Å²) in [6.07, 6.45) is 2.79. The second-order valence-electron chi connectivity index (χ2n) is 6.39. The molecule has 1 fully saturated rings. The summed E-state index contributed by atoms with van der Waals surface area (Å²) < 4.78 is 0. The van der Waals surface area contributed by atoms with Crippen LogP contribution in [0.15, 0.2) is 24.3 Å². The number of benzene rings is 1. The van der Waals surface area contributed by atoms with Crippen LogP contribution in [0.5, 0.6) is 0 Å². The molecule has 1 unspecified atom stereocenters. The smallest absolute Gasteiger partial charge is 0.191 e. The molecular formula is C16H22O2. The number of hydrogen-bond acceptors (Lipinski definition) is 2. The molecule has 0 amide bonds. The number of aliphatic hydroxyl groups is 1. The molecule has 0 spiro atoms. The summed E-state index contributed by atoms with van der Waals surface area (Å²) in [4.78, 5) is 12.2. The lowest BCUT2D eigenvalue weighted by Gasteiger charge is -2.27. The van der Waals surface area contributed by atoms with Gasteiger partial charge in [0.2, 0.25) is 0 Å². The number of rotatable bonds is 3. The molecule has 2 rings (SSSR count). The molecule has 0 bridgehead atoms. The molecule has 0 radical (unpaired) electrons. The van der Waals surface area contributed by atoms with Crippen LogP contribution in [0.2, 0.25) is 0 Å². The van der Waals surface area contributed by atoms with Gasteiger partial charge in [0.15, 0.2) is 5.78 Å². The summed E-state index contributed by atoms with van der Waals surface area (Å²) >= 11 is 0. The van der Waals surface area contributed by atoms with Crippen LogP contribution in [0.3, 0.4) is 0 Å². The first-order valence-electron chi connectivity index (χ1n) is 6.72. The van der Waals surface area contributed by atoms with E-state index in [-0.39, 0.29) is 5.78 Å². The van der Waals surface area contributed by atoms with Crippen molar-refractivity contribution in [1.29, 1.82) is 0 Å². The SMILES string of the molecule is CC(C)(C)C(O)C(=O)c1cccc(C2CCC2)c1. The topological polar surface area (TPSA) is 37.3 Å². The summed E-state index contributed by atoms with van der Waals surface area (Å²) in [6.45, 7) is 5.64. The van der Waals surface area contributed by atoms with E-state index in [0.717, 1.165) is 0 Å². The van der Waals surface area contributed by atoms with E-state index < -0.39 is 11.5 Å². The van der Waals surface area contributed by atoms with Crippen LogP contribution in [-0.2, 0) is 0 Å². The Morgan fingerprint density at radius 3 is 2.50 bits per heavy atom. The van der Waals surface area contributed by atoms with Crippen molar-refractivity contribution in [1.82, 2.24) is 0 Å². The minimum absolute atomic E-state index is 0.163. The fourth-order valence-electron chi connectivity index (χ4n) is 2.24. The monoisotopic (exact) mass is 246 g/mol. The Kier molecular flexibility index (Phi) is 3.58. The number of Topliss-reactive ketones (excluding diaryl/α,β-unsaturated/α-hetero) is 1. The van der Waals surface area contributed by atoms with Gasteiger partial charge in [0.05, 0.1) is 0 Å². The van der Waals surface area contributed by atoms with E-state index in [2.05, 4.69) is 6.07 Å². The molecule has 0 saturated heterocycles. The van der Waals surface area contributed by atoms with Crippen LogP contribution in [-0.4, -0.2) is 17.0 Å². The van der Waals surface area contributed by atoms with Gasteiger partial charge in [-0.1, -0.05) is 45.4 Å². The molecule has 1 aliphatic rings. The van der Waals surface area contributed by atoms with E-state index in [4.69, 9.17) is 0 Å². The van der Waals surface area contributed by atoms with Gasteiger partial charge in [0.25, 0.3) is 0 Å². The van der Waals surface area contributed by atoms with Gasteiger partial charge in [-0.05, 0) is 35.8 Å². The zero-order valence-electron chi connectivity index (χ0n) is 11.4. The van der Waals surface area contributed by atoms with Crippen molar-refractivity contribution in [3.63, 3.8) is 0 Å². The third kappa shape index (κ3) is 2.64. The van der Waals surface area contributed by atoms with E-state index in [1.54, 1.807) is 6.07 Å². The van der Waals surface area contributed by atoms with Gasteiger partial charge >= 0.3 is 0 Å². The minimum atomic E-state index is -0.936. The molecule has 0 heterocycles. The second kappa shape index (κ2) is 4.85. The Bertz CT molecular complexity index is 439. The van der Waals surface area contributed by atoms with Crippen LogP contribution in [0.1, 0.15) is 61.9 Å². The fourth-order valence-corrected chi connectivity index (χ4v) is 2.24. The van der Waals surface area contributed by atoms with Crippen molar-refractivity contribution < 1.29 is 9.90 Å². The number of carbonyl (C=O) groups is 1. The van der Waals surface area contributed by atoms with Gasteiger partial charge in [0.1, 0.15) is 6.10 Å². The number of carbonyl (C=O) groups excluding carboxylic acids is 1. The largest absolute Gasteiger partial charge is 0.384 e. The molecule has 1 aliphatic carbocycles. The zero-order chi connectivity index (χ0) is 13.3. The average molecular weight is 246 g/mol. The Morgan fingerprint density at radius 2 is 2.00 bits per heavy atom. The minimum Gasteiger partial charge on any atom is -0.384 e. The third-order valence-electron chi connectivity index (χ3n) is 3.82. The van der Waals surface area contributed by atoms with Crippen molar-refractivity contribution in [2.75, 3.05) is 0 Å². The summed E-state index contributed by atoms with van der Waals surface area (Å²) in [6, 6.07) is 7.78. The van der Waals surface area contributed by atoms with Crippen LogP contribution < -0.4 is 0 Å². The molecule has 1 atom stereocenters. The average Bonchev–Trinajstić information content (AvgIpc) is 2.24. The van der Waals surface area contributed by atoms with Crippen molar-refractivity contribution in [2.24, 2.45) is 5.41 Å². The maximum atomic E-state index is 12.2. The molecule has 1 aromatic rings. The van der Waals surface area contributed by atoms with E-state index in [1.807, 2.05) is 32.9 Å². The second-order valence-corrected chi connectivity index (χ2v) is 6.39. The lowest BCUT2D eigenvalue weighted by Crippen LogP contribution is -2.34. The highest BCUT2D eigenvalue weighted by atomic mass is 16.3. The molecular weight excluding hydrogens is 224 g/mol. The van der Waals surface area contributed by atoms with Crippen molar-refractivity contribution in [2.45, 2.75) is 52.1 Å². The molecule has 0 aliphatic heterocycles. The van der Waals surface area contributed by atoms with Gasteiger partial charge in [-0.3, -0.25) is 4.79 Å². The fraction of sp³-hybridized carbons (Fsp3) is 0.562. The summed E-state index contributed by atoms with van der Waals surface area (Å²) in [7, 11) is 0. The van der Waals surface area contributed by atoms with Gasteiger partial charge in [-0.2, -0.15) is 0 Å². The molecule has 2 nitrogen and oxygen atoms in total. The zero-order valence-corrected chi connectivity index (χ0v) is 11.4. The first kappa shape index (κ1) is 13.3. The summed E-state index contributed by atoms with van der Waals surface area (Å²) in [5.41, 5.74) is 1.47. The number of aliphatic hydroxyl groups excluding tert-OH is 1. The number of hydrogen-bond donors (Lipinski definition) is 1. The molecule has 1 aromatic carbocycles. The van der Waals surface area contributed by atoms with Crippen LogP contribution in [0, 0.1) is 5.41 Å². The van der Waals surface area contributed by atoms with Crippen LogP contribution in [0.4, 0.5) is 0 Å². The summed E-state index contributed by atoms with van der Waals surface area (Å²) in [5, 5.41) is 10.1. The van der Waals surface area contributed by atoms with Crippen molar-refractivity contribution in [3.05, 3.63) is 35.4 Å². The predicted octanol–water partition coefficient (Wildman–Crippen LogP) is 3.54. The first-order valence-corrected chi connectivity index (χ1v) is 6.72. The maximum absolute atomic E-state index is 12.2. The Balaban J connectivity index is 2.20. The number of ketones is 1. The van der Waals surface area contributed by atoms with Gasteiger partial charge in [-0.25, -0.2) is 0 Å². The van der Waals surface area contributed by atoms with Crippen molar-refractivity contribution >= 4 is 5.78 Å². The molecule has 98 valence electrons. The van der Waals surface area contributed by atoms with Crippen LogP contribution >= 0.6 is 0 Å². The van der Waals surface area contributed by atoms with Gasteiger partial charge in [-0.15, -0.1) is 0 Å². The van der Waals surface area contributed by atoms with E-state index in [0.29, 0.717) is 11.5 Å². The molecule has 0 aromatic heterocycles. The highest BCUT2D eigenvalue weighted by molar-refractivity contribution is 5.99. The highest BCUT2D eigenvalue weighted by Gasteiger charge is 2.30. The standard InChI is InChI=1S/C16H22O2/c1-16(2,3)15(18)14(17)13-9-5-8-12(10-13)11-6-4-7-11/h5,8-11,15,18H,4,6-7H2,1-3H3. The predicted molar refractivity (Wildman–Crippen MR) is 72.8 cm³/mol. The molecule has 1 N–H and O–H groups in total. The third-order valence-corrected chi connectivity index (χ3v) is 3.82. The van der Waals surface area contributed by atoms with Gasteiger partial charge in [0, 0.05) is 5.56 Å². The van der Waals surface area contributed by atoms with Gasteiger partial charge < -0.3 is 5.11 Å². The Hall–Kier alpha value is -1.15. The van der Waals surface area contributed by atoms with E-state index in [1.165, 1.54) is 24.8 Å². The molecule has 2 heteroatoms. The molecule has 18 heavy (non-hydrogen) atoms. The van der Waals surface area contributed by atoms with Crippen molar-refractivity contribution in [3.8, 4) is 0 Å². The lowest BCUT2D eigenvalue weighted by molar-refractivity contribution is 0.0442. The lowest BCUT2D eigenvalue weighted by atomic mass is 9.78. The Morgan fingerprint density at radius 1 is 1.33 bits per heavy atom. The quantitative estimate of drug-likeness (QED) is 0.828. The Labute approximate surface area is 109 Å². The maximum Gasteiger partial charge on any atom is 0.191 e. The van der Waals surface area contributed by atoms with E-state index >= 15 is 0 Å². The van der Waals surface area contributed by atoms with Crippen LogP contribution in [0.25, 0.3) is 0 Å².